The molecule has 1 aliphatic rings. The summed E-state index contributed by atoms with van der Waals surface area (Å²) in [6.45, 7) is 2.86. The number of rotatable bonds is 7. The highest BCUT2D eigenvalue weighted by Crippen LogP contribution is 2.36. The molecular weight excluding hydrogens is 404 g/mol. The van der Waals surface area contributed by atoms with Gasteiger partial charge < -0.3 is 26.4 Å². The molecule has 0 bridgehead atoms. The molecule has 4 rings (SSSR count). The van der Waals surface area contributed by atoms with Crippen LogP contribution in [0.3, 0.4) is 0 Å². The van der Waals surface area contributed by atoms with Gasteiger partial charge in [-0.05, 0) is 17.5 Å². The summed E-state index contributed by atoms with van der Waals surface area (Å²) in [6.07, 6.45) is 1.02. The van der Waals surface area contributed by atoms with Crippen LogP contribution in [-0.4, -0.2) is 51.8 Å². The number of hydrogen-bond donors (Lipinski definition) is 5. The van der Waals surface area contributed by atoms with Gasteiger partial charge in [-0.2, -0.15) is 9.97 Å². The predicted octanol–water partition coefficient (Wildman–Crippen LogP) is 2.82. The molecule has 0 saturated carbocycles. The van der Waals surface area contributed by atoms with Crippen LogP contribution in [0, 0.1) is 0 Å². The number of aliphatic hydroxyl groups is 1. The molecule has 3 aromatic rings. The van der Waals surface area contributed by atoms with Crippen LogP contribution in [0.4, 0.5) is 23.5 Å². The van der Waals surface area contributed by atoms with E-state index in [1.54, 1.807) is 14.1 Å². The molecular formula is C20H27ClN8O. The maximum Gasteiger partial charge on any atom is 0.225 e. The van der Waals surface area contributed by atoms with Crippen molar-refractivity contribution in [3.05, 3.63) is 35.4 Å². The van der Waals surface area contributed by atoms with Crippen molar-refractivity contribution in [3.8, 4) is 0 Å². The summed E-state index contributed by atoms with van der Waals surface area (Å²) in [7, 11) is 3.55. The van der Waals surface area contributed by atoms with E-state index >= 15 is 0 Å². The number of fused-ring (bicyclic) bond motifs is 2. The third-order valence-corrected chi connectivity index (χ3v) is 5.03. The zero-order valence-corrected chi connectivity index (χ0v) is 18.0. The third-order valence-electron chi connectivity index (χ3n) is 5.03. The van der Waals surface area contributed by atoms with E-state index in [0.29, 0.717) is 41.0 Å². The van der Waals surface area contributed by atoms with Crippen molar-refractivity contribution >= 4 is 47.0 Å². The van der Waals surface area contributed by atoms with Crippen molar-refractivity contribution in [3.63, 3.8) is 0 Å². The van der Waals surface area contributed by atoms with E-state index in [2.05, 4.69) is 48.1 Å². The Balaban J connectivity index is 0.00000256. The van der Waals surface area contributed by atoms with Crippen LogP contribution in [0.2, 0.25) is 0 Å². The first-order valence-corrected chi connectivity index (χ1v) is 9.86. The first kappa shape index (κ1) is 21.8. The van der Waals surface area contributed by atoms with Crippen LogP contribution < -0.4 is 21.3 Å². The van der Waals surface area contributed by atoms with E-state index < -0.39 is 6.10 Å². The quantitative estimate of drug-likeness (QED) is 0.385. The SMILES string of the molecule is CCCNc1nc(NC)nc2c(N[C@@H]3c4ccccc4C[C@@H]3O)nc(NC)nc12.Cl. The molecule has 0 amide bonds. The molecule has 0 spiro atoms. The minimum Gasteiger partial charge on any atom is -0.390 e. The number of aromatic nitrogens is 4. The molecule has 9 nitrogen and oxygen atoms in total. The molecule has 0 unspecified atom stereocenters. The lowest BCUT2D eigenvalue weighted by atomic mass is 10.1. The Bertz CT molecular complexity index is 1030. The van der Waals surface area contributed by atoms with Gasteiger partial charge in [0.2, 0.25) is 11.9 Å². The summed E-state index contributed by atoms with van der Waals surface area (Å²) in [5.41, 5.74) is 3.43. The molecule has 160 valence electrons. The highest BCUT2D eigenvalue weighted by atomic mass is 35.5. The van der Waals surface area contributed by atoms with Gasteiger partial charge in [0.05, 0.1) is 12.1 Å². The maximum atomic E-state index is 10.7. The molecule has 0 aliphatic heterocycles. The standard InChI is InChI=1S/C20H26N8O.ClH/c1-4-9-23-17-15-16(26-19(21-2)27-17)18(28-20(22-3)25-15)24-14-12-8-6-5-7-11(12)10-13(14)29;/h5-8,13-14,29H,4,9-10H2,1-3H3,(H2,21,23,26,27)(H2,22,24,25,28);1H/t13-,14+;/m0./s1. The van der Waals surface area contributed by atoms with Crippen LogP contribution in [0.5, 0.6) is 0 Å². The average molecular weight is 431 g/mol. The number of anilines is 4. The summed E-state index contributed by atoms with van der Waals surface area (Å²) in [4.78, 5) is 18.3. The van der Waals surface area contributed by atoms with Crippen molar-refractivity contribution in [2.75, 3.05) is 41.9 Å². The molecule has 2 aromatic heterocycles. The van der Waals surface area contributed by atoms with Crippen LogP contribution in [0.25, 0.3) is 11.0 Å². The Hall–Kier alpha value is -2.91. The third kappa shape index (κ3) is 4.03. The minimum absolute atomic E-state index is 0. The molecule has 0 fully saturated rings. The van der Waals surface area contributed by atoms with Gasteiger partial charge in [-0.25, -0.2) is 9.97 Å². The monoisotopic (exact) mass is 430 g/mol. The van der Waals surface area contributed by atoms with E-state index in [-0.39, 0.29) is 18.4 Å². The summed E-state index contributed by atoms with van der Waals surface area (Å²) in [6, 6.07) is 7.79. The normalized spacial score (nSPS) is 17.2. The Morgan fingerprint density at radius 2 is 1.60 bits per heavy atom. The van der Waals surface area contributed by atoms with Gasteiger partial charge >= 0.3 is 0 Å². The lowest BCUT2D eigenvalue weighted by molar-refractivity contribution is 0.165. The zero-order valence-electron chi connectivity index (χ0n) is 17.2. The van der Waals surface area contributed by atoms with Gasteiger partial charge in [0, 0.05) is 27.1 Å². The Morgan fingerprint density at radius 3 is 2.27 bits per heavy atom. The first-order valence-electron chi connectivity index (χ1n) is 9.86. The summed E-state index contributed by atoms with van der Waals surface area (Å²) >= 11 is 0. The van der Waals surface area contributed by atoms with Crippen molar-refractivity contribution in [2.24, 2.45) is 0 Å². The Morgan fingerprint density at radius 1 is 0.967 bits per heavy atom. The first-order chi connectivity index (χ1) is 14.1. The van der Waals surface area contributed by atoms with Gasteiger partial charge in [-0.3, -0.25) is 0 Å². The van der Waals surface area contributed by atoms with E-state index in [9.17, 15) is 5.11 Å². The molecule has 1 aromatic carbocycles. The number of nitrogens with one attached hydrogen (secondary N) is 4. The van der Waals surface area contributed by atoms with Crippen molar-refractivity contribution in [2.45, 2.75) is 31.9 Å². The van der Waals surface area contributed by atoms with E-state index in [4.69, 9.17) is 0 Å². The fourth-order valence-corrected chi connectivity index (χ4v) is 3.60. The largest absolute Gasteiger partial charge is 0.390 e. The number of hydrogen-bond acceptors (Lipinski definition) is 9. The zero-order chi connectivity index (χ0) is 20.4. The van der Waals surface area contributed by atoms with Crippen molar-refractivity contribution in [1.82, 2.24) is 19.9 Å². The van der Waals surface area contributed by atoms with Crippen LogP contribution in [0.15, 0.2) is 24.3 Å². The minimum atomic E-state index is -0.543. The predicted molar refractivity (Wildman–Crippen MR) is 123 cm³/mol. The summed E-state index contributed by atoms with van der Waals surface area (Å²) in [5.74, 6) is 2.14. The summed E-state index contributed by atoms with van der Waals surface area (Å²) in [5, 5.41) is 23.4. The lowest BCUT2D eigenvalue weighted by Crippen LogP contribution is -2.22. The molecule has 2 heterocycles. The van der Waals surface area contributed by atoms with Crippen molar-refractivity contribution < 1.29 is 5.11 Å². The number of halogens is 1. The summed E-state index contributed by atoms with van der Waals surface area (Å²) < 4.78 is 0. The van der Waals surface area contributed by atoms with Crippen molar-refractivity contribution in [1.29, 1.82) is 0 Å². The van der Waals surface area contributed by atoms with Gasteiger partial charge in [0.15, 0.2) is 11.6 Å². The molecule has 30 heavy (non-hydrogen) atoms. The number of aliphatic hydroxyl groups excluding tert-OH is 1. The molecule has 2 atom stereocenters. The van der Waals surface area contributed by atoms with Crippen LogP contribution in [0.1, 0.15) is 30.5 Å². The second-order valence-corrected chi connectivity index (χ2v) is 7.01. The Labute approximate surface area is 181 Å². The Kier molecular flexibility index (Phi) is 6.73. The van der Waals surface area contributed by atoms with E-state index in [0.717, 1.165) is 24.1 Å². The second kappa shape index (κ2) is 9.27. The van der Waals surface area contributed by atoms with E-state index in [1.807, 2.05) is 24.3 Å². The molecule has 5 N–H and O–H groups in total. The lowest BCUT2D eigenvalue weighted by Gasteiger charge is -2.20. The van der Waals surface area contributed by atoms with Gasteiger partial charge in [0.1, 0.15) is 11.0 Å². The van der Waals surface area contributed by atoms with E-state index in [1.165, 1.54) is 0 Å². The molecule has 10 heteroatoms. The van der Waals surface area contributed by atoms with Crippen LogP contribution in [-0.2, 0) is 6.42 Å². The molecule has 0 radical (unpaired) electrons. The fraction of sp³-hybridized carbons (Fsp3) is 0.400. The fourth-order valence-electron chi connectivity index (χ4n) is 3.60. The highest BCUT2D eigenvalue weighted by molar-refractivity contribution is 5.94. The second-order valence-electron chi connectivity index (χ2n) is 7.01. The highest BCUT2D eigenvalue weighted by Gasteiger charge is 2.32. The number of nitrogens with zero attached hydrogens (tertiary/aromatic N) is 4. The smallest absolute Gasteiger partial charge is 0.225 e. The van der Waals surface area contributed by atoms with Gasteiger partial charge in [-0.15, -0.1) is 12.4 Å². The van der Waals surface area contributed by atoms with Crippen LogP contribution >= 0.6 is 12.4 Å². The molecule has 1 aliphatic carbocycles. The maximum absolute atomic E-state index is 10.7. The topological polar surface area (TPSA) is 120 Å². The van der Waals surface area contributed by atoms with Gasteiger partial charge in [0.25, 0.3) is 0 Å². The molecule has 0 saturated heterocycles. The van der Waals surface area contributed by atoms with Gasteiger partial charge in [-0.1, -0.05) is 31.2 Å². The average Bonchev–Trinajstić information content (AvgIpc) is 3.06. The number of benzene rings is 1.